The summed E-state index contributed by atoms with van der Waals surface area (Å²) < 4.78 is 27.5. The van der Waals surface area contributed by atoms with Crippen LogP contribution in [0.5, 0.6) is 0 Å². The van der Waals surface area contributed by atoms with Crippen LogP contribution in [0, 0.1) is 11.8 Å². The molecule has 7 nitrogen and oxygen atoms in total. The Balaban J connectivity index is 1.90. The van der Waals surface area contributed by atoms with E-state index < -0.39 is 21.9 Å². The van der Waals surface area contributed by atoms with Crippen molar-refractivity contribution in [2.24, 2.45) is 0 Å². The van der Waals surface area contributed by atoms with Crippen molar-refractivity contribution in [3.63, 3.8) is 0 Å². The van der Waals surface area contributed by atoms with Crippen molar-refractivity contribution in [1.82, 2.24) is 5.06 Å². The SMILES string of the molecule is CCCCCCSC(=O)C#Cc1ccc2c3c(cccc13)C(=O)N(OS(C)(=O)=O)C2=O. The van der Waals surface area contributed by atoms with Gasteiger partial charge in [-0.05, 0) is 35.9 Å². The zero-order valence-corrected chi connectivity index (χ0v) is 18.8. The molecule has 0 saturated carbocycles. The van der Waals surface area contributed by atoms with Crippen molar-refractivity contribution in [3.05, 3.63) is 47.0 Å². The van der Waals surface area contributed by atoms with Gasteiger partial charge in [-0.15, -0.1) is 9.35 Å². The molecule has 2 amide bonds. The molecule has 31 heavy (non-hydrogen) atoms. The molecule has 0 saturated heterocycles. The van der Waals surface area contributed by atoms with Crippen LogP contribution in [-0.2, 0) is 19.2 Å². The summed E-state index contributed by atoms with van der Waals surface area (Å²) >= 11 is 1.18. The van der Waals surface area contributed by atoms with Gasteiger partial charge in [0.1, 0.15) is 0 Å². The lowest BCUT2D eigenvalue weighted by Gasteiger charge is -2.25. The number of benzene rings is 2. The van der Waals surface area contributed by atoms with Crippen LogP contribution in [0.4, 0.5) is 0 Å². The summed E-state index contributed by atoms with van der Waals surface area (Å²) in [5, 5.41) is 0.898. The van der Waals surface area contributed by atoms with E-state index in [1.807, 2.05) is 0 Å². The van der Waals surface area contributed by atoms with Gasteiger partial charge in [0.2, 0.25) is 0 Å². The van der Waals surface area contributed by atoms with E-state index in [4.69, 9.17) is 0 Å². The van der Waals surface area contributed by atoms with Gasteiger partial charge in [0, 0.05) is 16.7 Å². The predicted octanol–water partition coefficient (Wildman–Crippen LogP) is 3.52. The van der Waals surface area contributed by atoms with Crippen LogP contribution >= 0.6 is 11.8 Å². The van der Waals surface area contributed by atoms with Crippen LogP contribution in [0.15, 0.2) is 30.3 Å². The lowest BCUT2D eigenvalue weighted by atomic mass is 9.92. The normalized spacial score (nSPS) is 13.3. The smallest absolute Gasteiger partial charge is 0.272 e. The zero-order chi connectivity index (χ0) is 22.6. The maximum Gasteiger partial charge on any atom is 0.286 e. The summed E-state index contributed by atoms with van der Waals surface area (Å²) in [7, 11) is -4.08. The fourth-order valence-corrected chi connectivity index (χ4v) is 4.30. The summed E-state index contributed by atoms with van der Waals surface area (Å²) in [6, 6.07) is 7.80. The fourth-order valence-electron chi connectivity index (χ4n) is 3.23. The Kier molecular flexibility index (Phi) is 7.15. The Morgan fingerprint density at radius 2 is 1.77 bits per heavy atom. The lowest BCUT2D eigenvalue weighted by Crippen LogP contribution is -2.41. The molecule has 3 rings (SSSR count). The number of hydrogen-bond acceptors (Lipinski definition) is 7. The molecule has 2 aromatic carbocycles. The van der Waals surface area contributed by atoms with Gasteiger partial charge in [0.25, 0.3) is 27.0 Å². The molecular weight excluding hydrogens is 438 g/mol. The number of carbonyl (C=O) groups is 3. The molecule has 0 unspecified atom stereocenters. The molecule has 0 fully saturated rings. The molecule has 0 bridgehead atoms. The second-order valence-electron chi connectivity index (χ2n) is 7.02. The minimum atomic E-state index is -4.08. The highest BCUT2D eigenvalue weighted by Gasteiger charge is 2.36. The molecule has 1 heterocycles. The average molecular weight is 460 g/mol. The Labute approximate surface area is 185 Å². The van der Waals surface area contributed by atoms with E-state index in [2.05, 4.69) is 23.0 Å². The van der Waals surface area contributed by atoms with Crippen LogP contribution in [0.2, 0.25) is 0 Å². The molecule has 0 aliphatic carbocycles. The predicted molar refractivity (Wildman–Crippen MR) is 119 cm³/mol. The standard InChI is InChI=1S/C22H21NO6S2/c1-3-4-5-6-14-30-19(24)13-11-15-10-12-18-20-16(15)8-7-9-17(20)21(25)23(22(18)26)29-31(2,27)28/h7-10,12H,3-6,14H2,1-2H3. The first-order valence-electron chi connectivity index (χ1n) is 9.76. The van der Waals surface area contributed by atoms with Crippen LogP contribution < -0.4 is 0 Å². The molecule has 1 aliphatic rings. The van der Waals surface area contributed by atoms with Gasteiger partial charge < -0.3 is 0 Å². The maximum absolute atomic E-state index is 12.7. The summed E-state index contributed by atoms with van der Waals surface area (Å²) in [4.78, 5) is 37.4. The van der Waals surface area contributed by atoms with E-state index in [0.29, 0.717) is 16.3 Å². The summed E-state index contributed by atoms with van der Waals surface area (Å²) in [5.74, 6) is 4.41. The van der Waals surface area contributed by atoms with Crippen molar-refractivity contribution in [2.45, 2.75) is 32.6 Å². The number of rotatable bonds is 7. The minimum Gasteiger partial charge on any atom is -0.272 e. The molecule has 9 heteroatoms. The highest BCUT2D eigenvalue weighted by atomic mass is 32.2. The van der Waals surface area contributed by atoms with Crippen molar-refractivity contribution in [2.75, 3.05) is 12.0 Å². The largest absolute Gasteiger partial charge is 0.286 e. The monoisotopic (exact) mass is 459 g/mol. The fraction of sp³-hybridized carbons (Fsp3) is 0.318. The van der Waals surface area contributed by atoms with E-state index in [1.54, 1.807) is 18.2 Å². The Morgan fingerprint density at radius 3 is 2.45 bits per heavy atom. The molecule has 0 radical (unpaired) electrons. The third kappa shape index (κ3) is 5.34. The number of hydrogen-bond donors (Lipinski definition) is 0. The van der Waals surface area contributed by atoms with E-state index in [-0.39, 0.29) is 21.3 Å². The van der Waals surface area contributed by atoms with E-state index in [1.165, 1.54) is 23.9 Å². The molecule has 0 spiro atoms. The van der Waals surface area contributed by atoms with Crippen LogP contribution in [0.3, 0.4) is 0 Å². The Hall–Kier alpha value is -2.67. The van der Waals surface area contributed by atoms with Gasteiger partial charge in [-0.2, -0.15) is 8.42 Å². The number of hydroxylamine groups is 2. The second kappa shape index (κ2) is 9.64. The van der Waals surface area contributed by atoms with E-state index >= 15 is 0 Å². The van der Waals surface area contributed by atoms with Gasteiger partial charge in [-0.1, -0.05) is 56.0 Å². The topological polar surface area (TPSA) is 97.8 Å². The summed E-state index contributed by atoms with van der Waals surface area (Å²) in [6.07, 6.45) is 5.07. The summed E-state index contributed by atoms with van der Waals surface area (Å²) in [5.41, 5.74) is 0.741. The highest BCUT2D eigenvalue weighted by molar-refractivity contribution is 8.14. The molecule has 2 aromatic rings. The van der Waals surface area contributed by atoms with Crippen molar-refractivity contribution >= 4 is 49.6 Å². The Morgan fingerprint density at radius 1 is 1.06 bits per heavy atom. The van der Waals surface area contributed by atoms with Crippen LogP contribution in [0.25, 0.3) is 10.8 Å². The van der Waals surface area contributed by atoms with Gasteiger partial charge >= 0.3 is 0 Å². The lowest BCUT2D eigenvalue weighted by molar-refractivity contribution is -0.106. The minimum absolute atomic E-state index is 0.121. The Bertz CT molecular complexity index is 1200. The molecule has 0 N–H and O–H groups in total. The number of carbonyl (C=O) groups excluding carboxylic acids is 3. The maximum atomic E-state index is 12.7. The van der Waals surface area contributed by atoms with Gasteiger partial charge in [0.15, 0.2) is 0 Å². The first kappa shape index (κ1) is 23.0. The van der Waals surface area contributed by atoms with Crippen molar-refractivity contribution < 1.29 is 27.1 Å². The highest BCUT2D eigenvalue weighted by Crippen LogP contribution is 2.32. The van der Waals surface area contributed by atoms with E-state index in [0.717, 1.165) is 37.7 Å². The third-order valence-corrected chi connectivity index (χ3v) is 5.89. The molecule has 1 aliphatic heterocycles. The van der Waals surface area contributed by atoms with Crippen LogP contribution in [-0.4, -0.2) is 42.4 Å². The molecule has 0 aromatic heterocycles. The average Bonchev–Trinajstić information content (AvgIpc) is 2.72. The van der Waals surface area contributed by atoms with Crippen molar-refractivity contribution in [1.29, 1.82) is 0 Å². The van der Waals surface area contributed by atoms with E-state index in [9.17, 15) is 22.8 Å². The molecule has 0 atom stereocenters. The van der Waals surface area contributed by atoms with Gasteiger partial charge in [-0.3, -0.25) is 14.4 Å². The third-order valence-electron chi connectivity index (χ3n) is 4.61. The first-order chi connectivity index (χ1) is 14.7. The number of thioether (sulfide) groups is 1. The zero-order valence-electron chi connectivity index (χ0n) is 17.1. The molecule has 162 valence electrons. The number of nitrogens with zero attached hydrogens (tertiary/aromatic N) is 1. The number of amides is 2. The number of unbranched alkanes of at least 4 members (excludes halogenated alkanes) is 3. The van der Waals surface area contributed by atoms with Crippen LogP contribution in [0.1, 0.15) is 58.9 Å². The first-order valence-corrected chi connectivity index (χ1v) is 12.6. The summed E-state index contributed by atoms with van der Waals surface area (Å²) in [6.45, 7) is 2.13. The van der Waals surface area contributed by atoms with Gasteiger partial charge in [0.05, 0.1) is 17.4 Å². The molecular formula is C22H21NO6S2. The second-order valence-corrected chi connectivity index (χ2v) is 9.64. The quantitative estimate of drug-likeness (QED) is 0.355. The van der Waals surface area contributed by atoms with Crippen molar-refractivity contribution in [3.8, 4) is 11.8 Å². The van der Waals surface area contributed by atoms with Gasteiger partial charge in [-0.25, -0.2) is 0 Å². The number of imide groups is 1.